The summed E-state index contributed by atoms with van der Waals surface area (Å²) in [5, 5.41) is 13.1. The lowest BCUT2D eigenvalue weighted by Gasteiger charge is -2.18. The van der Waals surface area contributed by atoms with Crippen molar-refractivity contribution in [2.75, 3.05) is 0 Å². The van der Waals surface area contributed by atoms with E-state index in [0.29, 0.717) is 22.7 Å². The first-order chi connectivity index (χ1) is 9.65. The quantitative estimate of drug-likeness (QED) is 0.384. The van der Waals surface area contributed by atoms with E-state index in [1.165, 1.54) is 0 Å². The number of aromatic nitrogens is 1. The van der Waals surface area contributed by atoms with Crippen LogP contribution in [0.15, 0.2) is 35.6 Å². The smallest absolute Gasteiger partial charge is 0.146 e. The first kappa shape index (κ1) is 14.4. The second-order valence-electron chi connectivity index (χ2n) is 4.39. The minimum absolute atomic E-state index is 0.142. The fraction of sp³-hybridized carbons (Fsp3) is 0.286. The Hall–Kier alpha value is -2.01. The molecule has 6 heteroatoms. The highest BCUT2D eigenvalue weighted by Gasteiger charge is 2.14. The molecule has 1 aromatic carbocycles. The normalized spacial score (nSPS) is 13.4. The van der Waals surface area contributed by atoms with Crippen molar-refractivity contribution in [1.29, 1.82) is 0 Å². The Bertz CT molecular complexity index is 631. The number of amidine groups is 1. The number of nitrogens with zero attached hydrogens (tertiary/aromatic N) is 2. The van der Waals surface area contributed by atoms with Gasteiger partial charge in [-0.05, 0) is 30.7 Å². The van der Waals surface area contributed by atoms with E-state index in [-0.39, 0.29) is 11.9 Å². The maximum Gasteiger partial charge on any atom is 0.146 e. The summed E-state index contributed by atoms with van der Waals surface area (Å²) in [6.45, 7) is 1.97. The maximum absolute atomic E-state index is 8.63. The van der Waals surface area contributed by atoms with Crippen LogP contribution in [0.25, 0.3) is 10.9 Å². The van der Waals surface area contributed by atoms with Crippen LogP contribution in [0.5, 0.6) is 5.75 Å². The van der Waals surface area contributed by atoms with E-state index < -0.39 is 0 Å². The number of oxime groups is 1. The Morgan fingerprint density at radius 1 is 1.50 bits per heavy atom. The Morgan fingerprint density at radius 2 is 2.30 bits per heavy atom. The molecule has 0 saturated heterocycles. The van der Waals surface area contributed by atoms with E-state index in [1.807, 2.05) is 19.1 Å². The molecular weight excluding hydrogens is 278 g/mol. The summed E-state index contributed by atoms with van der Waals surface area (Å²) in [5.74, 6) is 0.783. The van der Waals surface area contributed by atoms with E-state index >= 15 is 0 Å². The molecule has 2 aromatic rings. The first-order valence-corrected chi connectivity index (χ1v) is 6.69. The molecule has 2 rings (SSSR count). The number of hydrogen-bond donors (Lipinski definition) is 2. The number of rotatable bonds is 5. The molecule has 1 aromatic heterocycles. The van der Waals surface area contributed by atoms with Crippen molar-refractivity contribution >= 4 is 28.3 Å². The average molecular weight is 294 g/mol. The summed E-state index contributed by atoms with van der Waals surface area (Å²) in [6.07, 6.45) is 2.59. The summed E-state index contributed by atoms with van der Waals surface area (Å²) in [7, 11) is 0. The van der Waals surface area contributed by atoms with Crippen LogP contribution < -0.4 is 10.5 Å². The van der Waals surface area contributed by atoms with Gasteiger partial charge in [-0.25, -0.2) is 0 Å². The predicted octanol–water partition coefficient (Wildman–Crippen LogP) is 3.18. The molecule has 1 heterocycles. The second kappa shape index (κ2) is 6.43. The number of hydrogen-bond acceptors (Lipinski definition) is 4. The van der Waals surface area contributed by atoms with Gasteiger partial charge in [-0.3, -0.25) is 4.98 Å². The number of benzene rings is 1. The van der Waals surface area contributed by atoms with Gasteiger partial charge in [0.05, 0.1) is 5.02 Å². The molecule has 0 aliphatic rings. The van der Waals surface area contributed by atoms with Crippen LogP contribution in [0.1, 0.15) is 19.8 Å². The molecule has 20 heavy (non-hydrogen) atoms. The molecule has 0 fully saturated rings. The Kier molecular flexibility index (Phi) is 4.63. The van der Waals surface area contributed by atoms with Gasteiger partial charge in [-0.1, -0.05) is 23.7 Å². The third-order valence-corrected chi connectivity index (χ3v) is 3.32. The third kappa shape index (κ3) is 3.11. The molecule has 0 spiro atoms. The van der Waals surface area contributed by atoms with Gasteiger partial charge in [0.2, 0.25) is 0 Å². The topological polar surface area (TPSA) is 80.7 Å². The molecule has 0 radical (unpaired) electrons. The van der Waals surface area contributed by atoms with Crippen LogP contribution in [0.4, 0.5) is 0 Å². The standard InChI is InChI=1S/C14H16ClN3O2/c1-2-9(8-13(16)18-19)20-12-6-5-11(15)10-4-3-7-17-14(10)12/h3-7,9,19H,2,8H2,1H3,(H2,16,18). The van der Waals surface area contributed by atoms with Crippen molar-refractivity contribution in [3.05, 3.63) is 35.5 Å². The van der Waals surface area contributed by atoms with Gasteiger partial charge in [0.25, 0.3) is 0 Å². The number of ether oxygens (including phenoxy) is 1. The Morgan fingerprint density at radius 3 is 3.00 bits per heavy atom. The highest BCUT2D eigenvalue weighted by molar-refractivity contribution is 6.35. The molecule has 1 atom stereocenters. The zero-order valence-corrected chi connectivity index (χ0v) is 11.8. The van der Waals surface area contributed by atoms with E-state index in [4.69, 9.17) is 27.3 Å². The molecule has 0 bridgehead atoms. The van der Waals surface area contributed by atoms with Crippen LogP contribution in [0.2, 0.25) is 5.02 Å². The van der Waals surface area contributed by atoms with E-state index in [9.17, 15) is 0 Å². The molecule has 0 aliphatic heterocycles. The van der Waals surface area contributed by atoms with Gasteiger partial charge in [0.1, 0.15) is 23.2 Å². The number of nitrogens with two attached hydrogens (primary N) is 1. The van der Waals surface area contributed by atoms with Crippen molar-refractivity contribution in [3.63, 3.8) is 0 Å². The van der Waals surface area contributed by atoms with Gasteiger partial charge >= 0.3 is 0 Å². The average Bonchev–Trinajstić information content (AvgIpc) is 2.49. The molecule has 0 amide bonds. The molecular formula is C14H16ClN3O2. The van der Waals surface area contributed by atoms with Crippen molar-refractivity contribution in [3.8, 4) is 5.75 Å². The van der Waals surface area contributed by atoms with Gasteiger partial charge in [0.15, 0.2) is 0 Å². The fourth-order valence-electron chi connectivity index (χ4n) is 1.93. The highest BCUT2D eigenvalue weighted by Crippen LogP contribution is 2.30. The van der Waals surface area contributed by atoms with Gasteiger partial charge < -0.3 is 15.7 Å². The lowest BCUT2D eigenvalue weighted by molar-refractivity contribution is 0.204. The highest BCUT2D eigenvalue weighted by atomic mass is 35.5. The minimum Gasteiger partial charge on any atom is -0.488 e. The van der Waals surface area contributed by atoms with E-state index in [2.05, 4.69) is 10.1 Å². The van der Waals surface area contributed by atoms with Crippen LogP contribution in [0.3, 0.4) is 0 Å². The zero-order valence-electron chi connectivity index (χ0n) is 11.1. The molecule has 106 valence electrons. The Balaban J connectivity index is 2.31. The lowest BCUT2D eigenvalue weighted by Crippen LogP contribution is -2.24. The van der Waals surface area contributed by atoms with Gasteiger partial charge in [-0.2, -0.15) is 0 Å². The summed E-state index contributed by atoms with van der Waals surface area (Å²) in [5.41, 5.74) is 6.23. The van der Waals surface area contributed by atoms with Crippen molar-refractivity contribution in [1.82, 2.24) is 4.98 Å². The van der Waals surface area contributed by atoms with E-state index in [1.54, 1.807) is 18.3 Å². The SMILES string of the molecule is CCC(C/C(N)=N/O)Oc1ccc(Cl)c2cccnc12. The van der Waals surface area contributed by atoms with Crippen molar-refractivity contribution < 1.29 is 9.94 Å². The van der Waals surface area contributed by atoms with Gasteiger partial charge in [-0.15, -0.1) is 0 Å². The summed E-state index contributed by atoms with van der Waals surface area (Å²) in [4.78, 5) is 4.31. The summed E-state index contributed by atoms with van der Waals surface area (Å²) < 4.78 is 5.91. The van der Waals surface area contributed by atoms with Crippen LogP contribution >= 0.6 is 11.6 Å². The van der Waals surface area contributed by atoms with Gasteiger partial charge in [0, 0.05) is 18.0 Å². The van der Waals surface area contributed by atoms with Crippen molar-refractivity contribution in [2.24, 2.45) is 10.9 Å². The number of halogens is 1. The summed E-state index contributed by atoms with van der Waals surface area (Å²) in [6, 6.07) is 7.28. The minimum atomic E-state index is -0.183. The molecule has 3 N–H and O–H groups in total. The maximum atomic E-state index is 8.63. The monoisotopic (exact) mass is 293 g/mol. The zero-order chi connectivity index (χ0) is 14.5. The lowest BCUT2D eigenvalue weighted by atomic mass is 10.1. The van der Waals surface area contributed by atoms with Crippen LogP contribution in [0, 0.1) is 0 Å². The van der Waals surface area contributed by atoms with Crippen molar-refractivity contribution in [2.45, 2.75) is 25.9 Å². The predicted molar refractivity (Wildman–Crippen MR) is 79.5 cm³/mol. The molecule has 0 saturated carbocycles. The molecule has 1 unspecified atom stereocenters. The number of pyridine rings is 1. The fourth-order valence-corrected chi connectivity index (χ4v) is 2.15. The third-order valence-electron chi connectivity index (χ3n) is 2.99. The van der Waals surface area contributed by atoms with Crippen LogP contribution in [-0.4, -0.2) is 22.1 Å². The van der Waals surface area contributed by atoms with Crippen LogP contribution in [-0.2, 0) is 0 Å². The largest absolute Gasteiger partial charge is 0.488 e. The molecule has 0 aliphatic carbocycles. The number of fused-ring (bicyclic) bond motifs is 1. The summed E-state index contributed by atoms with van der Waals surface area (Å²) >= 11 is 6.14. The Labute approximate surface area is 122 Å². The second-order valence-corrected chi connectivity index (χ2v) is 4.80. The molecule has 5 nitrogen and oxygen atoms in total. The van der Waals surface area contributed by atoms with E-state index in [0.717, 1.165) is 11.8 Å². The first-order valence-electron chi connectivity index (χ1n) is 6.32.